The van der Waals surface area contributed by atoms with Crippen LogP contribution in [0.25, 0.3) is 11.0 Å². The molecular weight excluding hydrogens is 442 g/mol. The van der Waals surface area contributed by atoms with E-state index in [9.17, 15) is 22.0 Å². The Balaban J connectivity index is 1.21. The van der Waals surface area contributed by atoms with Gasteiger partial charge in [0.25, 0.3) is 0 Å². The van der Waals surface area contributed by atoms with Gasteiger partial charge in [-0.15, -0.1) is 0 Å². The summed E-state index contributed by atoms with van der Waals surface area (Å²) in [7, 11) is -3.48. The van der Waals surface area contributed by atoms with E-state index in [2.05, 4.69) is 10.3 Å². The molecule has 2 fully saturated rings. The average molecular weight is 462 g/mol. The number of likely N-dealkylation sites (tertiary alicyclic amines) is 1. The van der Waals surface area contributed by atoms with E-state index in [1.165, 1.54) is 11.0 Å². The van der Waals surface area contributed by atoms with E-state index in [-0.39, 0.29) is 37.7 Å². The molecule has 11 heteroatoms. The number of nitrogens with one attached hydrogen (secondary N) is 1. The molecule has 32 heavy (non-hydrogen) atoms. The van der Waals surface area contributed by atoms with Crippen LogP contribution in [0.15, 0.2) is 48.8 Å². The first-order valence-corrected chi connectivity index (χ1v) is 11.7. The number of carbonyl (C=O) groups excluding carboxylic acids is 1. The molecule has 0 aliphatic carbocycles. The Bertz CT molecular complexity index is 1300. The summed E-state index contributed by atoms with van der Waals surface area (Å²) < 4.78 is 60.1. The van der Waals surface area contributed by atoms with E-state index >= 15 is 0 Å². The number of carbonyl (C=O) groups is 1. The van der Waals surface area contributed by atoms with Crippen molar-refractivity contribution in [2.24, 2.45) is 0 Å². The van der Waals surface area contributed by atoms with Crippen LogP contribution in [0.2, 0.25) is 0 Å². The van der Waals surface area contributed by atoms with Crippen LogP contribution < -0.4 is 5.32 Å². The van der Waals surface area contributed by atoms with Crippen molar-refractivity contribution in [2.75, 3.05) is 30.8 Å². The number of nitrogens with zero attached hydrogens (tertiary/aromatic N) is 3. The number of urea groups is 1. The van der Waals surface area contributed by atoms with E-state index < -0.39 is 38.4 Å². The molecule has 1 spiro atoms. The Morgan fingerprint density at radius 2 is 1.97 bits per heavy atom. The monoisotopic (exact) mass is 462 g/mol. The Morgan fingerprint density at radius 3 is 2.72 bits per heavy atom. The normalized spacial score (nSPS) is 21.4. The molecule has 0 bridgehead atoms. The topological polar surface area (TPSA) is 93.5 Å². The number of hydrogen-bond acceptors (Lipinski definition) is 5. The quantitative estimate of drug-likeness (QED) is 0.645. The van der Waals surface area contributed by atoms with Crippen molar-refractivity contribution >= 4 is 32.6 Å². The van der Waals surface area contributed by atoms with Crippen molar-refractivity contribution < 1.29 is 26.7 Å². The number of rotatable bonds is 3. The standard InChI is InChI=1S/C21H20F2N4O4S/c22-16-6-5-14(7-17(16)23)25-20(28)27-10-21(11-27)12-32(29,30)15(9-31-21)8-26-13-24-18-3-1-2-4-19(18)26/h1-7,13,15H,8-12H2,(H,25,28)/t15-/m0/s1. The first-order chi connectivity index (χ1) is 15.2. The van der Waals surface area contributed by atoms with Crippen LogP contribution in [0.5, 0.6) is 0 Å². The van der Waals surface area contributed by atoms with Gasteiger partial charge in [0.15, 0.2) is 21.5 Å². The highest BCUT2D eigenvalue weighted by atomic mass is 32.2. The lowest BCUT2D eigenvalue weighted by molar-refractivity contribution is -0.117. The molecule has 0 saturated carbocycles. The van der Waals surface area contributed by atoms with Crippen LogP contribution in [0.4, 0.5) is 19.3 Å². The molecule has 2 aliphatic rings. The zero-order valence-electron chi connectivity index (χ0n) is 16.9. The first-order valence-electron chi connectivity index (χ1n) is 10.0. The predicted octanol–water partition coefficient (Wildman–Crippen LogP) is 2.41. The fourth-order valence-corrected chi connectivity index (χ4v) is 6.09. The van der Waals surface area contributed by atoms with E-state index in [0.29, 0.717) is 0 Å². The van der Waals surface area contributed by atoms with Crippen molar-refractivity contribution in [1.82, 2.24) is 14.5 Å². The summed E-state index contributed by atoms with van der Waals surface area (Å²) in [5.74, 6) is -2.27. The zero-order chi connectivity index (χ0) is 22.5. The number of amides is 2. The van der Waals surface area contributed by atoms with Gasteiger partial charge in [0.05, 0.1) is 42.8 Å². The Kier molecular flexibility index (Phi) is 4.90. The van der Waals surface area contributed by atoms with Crippen LogP contribution in [0, 0.1) is 11.6 Å². The minimum Gasteiger partial charge on any atom is -0.369 e. The fourth-order valence-electron chi connectivity index (χ4n) is 4.19. The molecule has 1 N–H and O–H groups in total. The first kappa shape index (κ1) is 20.8. The highest BCUT2D eigenvalue weighted by molar-refractivity contribution is 7.92. The molecule has 0 radical (unpaired) electrons. The molecule has 3 aromatic rings. The lowest BCUT2D eigenvalue weighted by Crippen LogP contribution is -2.71. The lowest BCUT2D eigenvalue weighted by Gasteiger charge is -2.51. The summed E-state index contributed by atoms with van der Waals surface area (Å²) in [6, 6.07) is 10.0. The molecule has 8 nitrogen and oxygen atoms in total. The van der Waals surface area contributed by atoms with Crippen molar-refractivity contribution in [3.05, 3.63) is 60.4 Å². The third kappa shape index (κ3) is 3.71. The third-order valence-electron chi connectivity index (χ3n) is 5.89. The van der Waals surface area contributed by atoms with E-state index in [1.807, 2.05) is 24.3 Å². The fraction of sp³-hybridized carbons (Fsp3) is 0.333. The molecule has 3 heterocycles. The Morgan fingerprint density at radius 1 is 1.19 bits per heavy atom. The molecule has 2 aromatic carbocycles. The molecule has 0 unspecified atom stereocenters. The minimum atomic E-state index is -3.48. The maximum absolute atomic E-state index is 13.3. The van der Waals surface area contributed by atoms with Gasteiger partial charge >= 0.3 is 6.03 Å². The minimum absolute atomic E-state index is 0.0213. The highest BCUT2D eigenvalue weighted by Gasteiger charge is 2.54. The number of aromatic nitrogens is 2. The Labute approximate surface area is 182 Å². The molecule has 5 rings (SSSR count). The summed E-state index contributed by atoms with van der Waals surface area (Å²) in [6.07, 6.45) is 1.62. The van der Waals surface area contributed by atoms with E-state index in [1.54, 1.807) is 10.9 Å². The van der Waals surface area contributed by atoms with Crippen LogP contribution in [0.3, 0.4) is 0 Å². The summed E-state index contributed by atoms with van der Waals surface area (Å²) >= 11 is 0. The molecule has 2 aliphatic heterocycles. The second-order valence-electron chi connectivity index (χ2n) is 8.22. The largest absolute Gasteiger partial charge is 0.369 e. The molecule has 1 atom stereocenters. The number of anilines is 1. The molecular formula is C21H20F2N4O4S. The summed E-state index contributed by atoms with van der Waals surface area (Å²) in [4.78, 5) is 18.0. The SMILES string of the molecule is O=C(Nc1ccc(F)c(F)c1)N1CC2(C1)CS(=O)(=O)[C@@H](Cn1cnc3ccccc31)CO2. The Hall–Kier alpha value is -3.05. The maximum atomic E-state index is 13.3. The molecule has 168 valence electrons. The van der Waals surface area contributed by atoms with Crippen molar-refractivity contribution in [3.63, 3.8) is 0 Å². The van der Waals surface area contributed by atoms with Crippen molar-refractivity contribution in [3.8, 4) is 0 Å². The molecule has 2 amide bonds. The number of sulfone groups is 1. The van der Waals surface area contributed by atoms with Gasteiger partial charge in [-0.1, -0.05) is 12.1 Å². The summed E-state index contributed by atoms with van der Waals surface area (Å²) in [6.45, 7) is 0.456. The zero-order valence-corrected chi connectivity index (χ0v) is 17.7. The smallest absolute Gasteiger partial charge is 0.322 e. The maximum Gasteiger partial charge on any atom is 0.322 e. The van der Waals surface area contributed by atoms with Crippen LogP contribution >= 0.6 is 0 Å². The number of imidazole rings is 1. The lowest BCUT2D eigenvalue weighted by atomic mass is 9.96. The van der Waals surface area contributed by atoms with Gasteiger partial charge in [0.1, 0.15) is 10.9 Å². The second-order valence-corrected chi connectivity index (χ2v) is 10.5. The van der Waals surface area contributed by atoms with E-state index in [0.717, 1.165) is 23.2 Å². The number of benzene rings is 2. The van der Waals surface area contributed by atoms with Crippen LogP contribution in [-0.4, -0.2) is 65.2 Å². The molecule has 2 saturated heterocycles. The predicted molar refractivity (Wildman–Crippen MR) is 113 cm³/mol. The van der Waals surface area contributed by atoms with Gasteiger partial charge < -0.3 is 19.5 Å². The number of halogens is 2. The third-order valence-corrected chi connectivity index (χ3v) is 8.12. The average Bonchev–Trinajstić information content (AvgIpc) is 3.13. The van der Waals surface area contributed by atoms with Crippen LogP contribution in [-0.2, 0) is 21.1 Å². The van der Waals surface area contributed by atoms with Gasteiger partial charge in [-0.25, -0.2) is 27.0 Å². The molecule has 1 aromatic heterocycles. The number of fused-ring (bicyclic) bond motifs is 1. The van der Waals surface area contributed by atoms with Gasteiger partial charge in [-0.05, 0) is 24.3 Å². The van der Waals surface area contributed by atoms with Crippen LogP contribution in [0.1, 0.15) is 0 Å². The van der Waals surface area contributed by atoms with Crippen molar-refractivity contribution in [2.45, 2.75) is 17.4 Å². The van der Waals surface area contributed by atoms with E-state index in [4.69, 9.17) is 4.74 Å². The van der Waals surface area contributed by atoms with Gasteiger partial charge in [0, 0.05) is 18.3 Å². The van der Waals surface area contributed by atoms with Gasteiger partial charge in [0.2, 0.25) is 0 Å². The second kappa shape index (κ2) is 7.52. The number of ether oxygens (including phenoxy) is 1. The highest BCUT2D eigenvalue weighted by Crippen LogP contribution is 2.33. The summed E-state index contributed by atoms with van der Waals surface area (Å²) in [5, 5.41) is 1.76. The van der Waals surface area contributed by atoms with Gasteiger partial charge in [-0.2, -0.15) is 0 Å². The number of hydrogen-bond donors (Lipinski definition) is 1. The summed E-state index contributed by atoms with van der Waals surface area (Å²) in [5.41, 5.74) is 0.809. The van der Waals surface area contributed by atoms with Crippen molar-refractivity contribution in [1.29, 1.82) is 0 Å². The van der Waals surface area contributed by atoms with Gasteiger partial charge in [-0.3, -0.25) is 0 Å². The number of para-hydroxylation sites is 2.